The number of H-pyrrole nitrogens is 1. The molecule has 0 bridgehead atoms. The molecular formula is C22H21F2N5O2. The molecule has 2 saturated carbocycles. The molecule has 5 rings (SSSR count). The average molecular weight is 425 g/mol. The Morgan fingerprint density at radius 3 is 2.71 bits per heavy atom. The van der Waals surface area contributed by atoms with Gasteiger partial charge in [0, 0.05) is 61.4 Å². The van der Waals surface area contributed by atoms with Gasteiger partial charge in [0.2, 0.25) is 5.92 Å². The molecule has 0 radical (unpaired) electrons. The number of carbonyl (C=O) groups is 2. The predicted octanol–water partition coefficient (Wildman–Crippen LogP) is 2.68. The van der Waals surface area contributed by atoms with E-state index in [9.17, 15) is 18.4 Å². The highest BCUT2D eigenvalue weighted by Crippen LogP contribution is 2.58. The fourth-order valence-electron chi connectivity index (χ4n) is 4.64. The minimum atomic E-state index is -2.62. The number of carbonyl (C=O) groups excluding carboxylic acids is 2. The Kier molecular flexibility index (Phi) is 4.49. The Balaban J connectivity index is 1.40. The normalized spacial score (nSPS) is 23.4. The summed E-state index contributed by atoms with van der Waals surface area (Å²) < 4.78 is 26.8. The second kappa shape index (κ2) is 7.11. The van der Waals surface area contributed by atoms with Crippen molar-refractivity contribution >= 4 is 22.8 Å². The number of aromatic nitrogens is 3. The molecule has 0 aromatic carbocycles. The van der Waals surface area contributed by atoms with Gasteiger partial charge in [-0.05, 0) is 41.7 Å². The van der Waals surface area contributed by atoms with Crippen molar-refractivity contribution < 1.29 is 18.4 Å². The molecule has 2 fully saturated rings. The Morgan fingerprint density at radius 2 is 1.97 bits per heavy atom. The number of fused-ring (bicyclic) bond motifs is 2. The number of hydrogen-bond donors (Lipinski definition) is 3. The first-order valence-electron chi connectivity index (χ1n) is 10.2. The van der Waals surface area contributed by atoms with Crippen molar-refractivity contribution in [2.75, 3.05) is 7.05 Å². The summed E-state index contributed by atoms with van der Waals surface area (Å²) in [6.45, 7) is 0. The first-order chi connectivity index (χ1) is 14.8. The molecule has 2 amide bonds. The predicted molar refractivity (Wildman–Crippen MR) is 109 cm³/mol. The molecule has 9 heteroatoms. The van der Waals surface area contributed by atoms with E-state index in [4.69, 9.17) is 0 Å². The summed E-state index contributed by atoms with van der Waals surface area (Å²) >= 11 is 0. The van der Waals surface area contributed by atoms with E-state index >= 15 is 0 Å². The lowest BCUT2D eigenvalue weighted by molar-refractivity contribution is -0.00623. The minimum Gasteiger partial charge on any atom is -0.354 e. The van der Waals surface area contributed by atoms with E-state index in [1.165, 1.54) is 13.1 Å². The summed E-state index contributed by atoms with van der Waals surface area (Å²) in [5, 5.41) is 6.33. The highest BCUT2D eigenvalue weighted by Gasteiger charge is 2.63. The number of nitrogens with zero attached hydrogens (tertiary/aromatic N) is 2. The molecule has 3 aromatic heterocycles. The number of alkyl halides is 2. The smallest absolute Gasteiger partial charge is 0.269 e. The van der Waals surface area contributed by atoms with Gasteiger partial charge in [-0.25, -0.2) is 18.7 Å². The Morgan fingerprint density at radius 1 is 1.19 bits per heavy atom. The van der Waals surface area contributed by atoms with E-state index in [1.54, 1.807) is 18.5 Å². The van der Waals surface area contributed by atoms with E-state index in [1.807, 2.05) is 12.1 Å². The molecule has 0 saturated heterocycles. The van der Waals surface area contributed by atoms with Gasteiger partial charge in [-0.15, -0.1) is 0 Å². The first kappa shape index (κ1) is 19.6. The van der Waals surface area contributed by atoms with Gasteiger partial charge in [0.15, 0.2) is 0 Å². The van der Waals surface area contributed by atoms with Crippen LogP contribution >= 0.6 is 0 Å². The standard InChI is InChI=1S/C22H21F2N5O2/c1-25-21(31)17-8-12(20(30)29-18-15-9-22(23,24)10-16(15)18)7-13(28-17)6-11-2-4-26-19-14(11)3-5-27-19/h2-5,7-8,15-16,18H,6,9-10H2,1H3,(H,25,31)(H,26,27)(H,29,30)/t15-,16+,18+. The van der Waals surface area contributed by atoms with E-state index in [2.05, 4.69) is 25.6 Å². The van der Waals surface area contributed by atoms with Crippen LogP contribution in [0.5, 0.6) is 0 Å². The van der Waals surface area contributed by atoms with Gasteiger partial charge < -0.3 is 15.6 Å². The van der Waals surface area contributed by atoms with Crippen LogP contribution in [0.4, 0.5) is 8.78 Å². The Bertz CT molecular complexity index is 1180. The van der Waals surface area contributed by atoms with Gasteiger partial charge in [-0.3, -0.25) is 9.59 Å². The quantitative estimate of drug-likeness (QED) is 0.585. The van der Waals surface area contributed by atoms with E-state index < -0.39 is 11.8 Å². The fraction of sp³-hybridized carbons (Fsp3) is 0.364. The maximum absolute atomic E-state index is 13.4. The number of hydrogen-bond acceptors (Lipinski definition) is 4. The summed E-state index contributed by atoms with van der Waals surface area (Å²) in [7, 11) is 1.49. The van der Waals surface area contributed by atoms with Gasteiger partial charge in [0.25, 0.3) is 11.8 Å². The van der Waals surface area contributed by atoms with Crippen molar-refractivity contribution in [3.63, 3.8) is 0 Å². The summed E-state index contributed by atoms with van der Waals surface area (Å²) in [5.41, 5.74) is 2.68. The summed E-state index contributed by atoms with van der Waals surface area (Å²) in [4.78, 5) is 36.8. The van der Waals surface area contributed by atoms with E-state index in [0.29, 0.717) is 17.7 Å². The van der Waals surface area contributed by atoms with Crippen LogP contribution in [-0.2, 0) is 6.42 Å². The number of amides is 2. The maximum atomic E-state index is 13.4. The highest BCUT2D eigenvalue weighted by atomic mass is 19.3. The van der Waals surface area contributed by atoms with Crippen LogP contribution in [0.25, 0.3) is 11.0 Å². The van der Waals surface area contributed by atoms with Crippen molar-refractivity contribution in [3.8, 4) is 0 Å². The third-order valence-corrected chi connectivity index (χ3v) is 6.22. The summed E-state index contributed by atoms with van der Waals surface area (Å²) in [6.07, 6.45) is 3.53. The third kappa shape index (κ3) is 3.64. The Hall–Kier alpha value is -3.36. The Labute approximate surface area is 176 Å². The number of pyridine rings is 2. The van der Waals surface area contributed by atoms with Crippen molar-refractivity contribution in [2.45, 2.75) is 31.2 Å². The first-order valence-corrected chi connectivity index (χ1v) is 10.2. The molecular weight excluding hydrogens is 404 g/mol. The number of aromatic amines is 1. The van der Waals surface area contributed by atoms with Crippen LogP contribution in [0.2, 0.25) is 0 Å². The average Bonchev–Trinajstić information content (AvgIpc) is 3.11. The number of halogens is 2. The van der Waals surface area contributed by atoms with Crippen molar-refractivity contribution in [1.29, 1.82) is 0 Å². The molecule has 3 aromatic rings. The zero-order chi connectivity index (χ0) is 21.8. The largest absolute Gasteiger partial charge is 0.354 e. The lowest BCUT2D eigenvalue weighted by Crippen LogP contribution is -2.31. The monoisotopic (exact) mass is 425 g/mol. The molecule has 0 unspecified atom stereocenters. The maximum Gasteiger partial charge on any atom is 0.269 e. The second-order valence-corrected chi connectivity index (χ2v) is 8.29. The second-order valence-electron chi connectivity index (χ2n) is 8.29. The van der Waals surface area contributed by atoms with E-state index in [-0.39, 0.29) is 42.3 Å². The molecule has 31 heavy (non-hydrogen) atoms. The molecule has 3 atom stereocenters. The van der Waals surface area contributed by atoms with Crippen LogP contribution in [-0.4, -0.2) is 45.8 Å². The zero-order valence-corrected chi connectivity index (χ0v) is 16.8. The number of nitrogens with one attached hydrogen (secondary N) is 3. The van der Waals surface area contributed by atoms with Crippen LogP contribution in [0.1, 0.15) is 44.9 Å². The van der Waals surface area contributed by atoms with Crippen molar-refractivity contribution in [1.82, 2.24) is 25.6 Å². The van der Waals surface area contributed by atoms with Crippen LogP contribution < -0.4 is 10.6 Å². The molecule has 7 nitrogen and oxygen atoms in total. The van der Waals surface area contributed by atoms with E-state index in [0.717, 1.165) is 16.6 Å². The molecule has 160 valence electrons. The van der Waals surface area contributed by atoms with Gasteiger partial charge in [0.05, 0.1) is 0 Å². The fourth-order valence-corrected chi connectivity index (χ4v) is 4.64. The molecule has 3 N–H and O–H groups in total. The van der Waals surface area contributed by atoms with Gasteiger partial charge in [0.1, 0.15) is 11.3 Å². The van der Waals surface area contributed by atoms with Crippen LogP contribution in [0.3, 0.4) is 0 Å². The molecule has 2 aliphatic carbocycles. The molecule has 3 heterocycles. The number of rotatable bonds is 5. The SMILES string of the molecule is CNC(=O)c1cc(C(=O)N[C@H]2[C@@H]3CC(F)(F)C[C@@H]32)cc(Cc2ccnc3[nH]ccc23)n1. The lowest BCUT2D eigenvalue weighted by atomic mass is 10.0. The van der Waals surface area contributed by atoms with Crippen molar-refractivity contribution in [2.24, 2.45) is 11.8 Å². The van der Waals surface area contributed by atoms with Crippen LogP contribution in [0, 0.1) is 11.8 Å². The lowest BCUT2D eigenvalue weighted by Gasteiger charge is -2.14. The van der Waals surface area contributed by atoms with Gasteiger partial charge >= 0.3 is 0 Å². The molecule has 0 aliphatic heterocycles. The zero-order valence-electron chi connectivity index (χ0n) is 16.8. The molecule has 2 aliphatic rings. The molecule has 0 spiro atoms. The summed E-state index contributed by atoms with van der Waals surface area (Å²) in [6, 6.07) is 6.63. The highest BCUT2D eigenvalue weighted by molar-refractivity contribution is 5.99. The minimum absolute atomic E-state index is 0.132. The third-order valence-electron chi connectivity index (χ3n) is 6.22. The van der Waals surface area contributed by atoms with Crippen molar-refractivity contribution in [3.05, 3.63) is 59.2 Å². The van der Waals surface area contributed by atoms with Gasteiger partial charge in [-0.2, -0.15) is 0 Å². The van der Waals surface area contributed by atoms with Crippen LogP contribution in [0.15, 0.2) is 36.7 Å². The summed E-state index contributed by atoms with van der Waals surface area (Å²) in [5.74, 6) is -3.74. The van der Waals surface area contributed by atoms with Gasteiger partial charge in [-0.1, -0.05) is 0 Å². The topological polar surface area (TPSA) is 99.8 Å².